The molecule has 0 radical (unpaired) electrons. The smallest absolute Gasteiger partial charge is 0.137 e. The lowest BCUT2D eigenvalue weighted by Crippen LogP contribution is -2.30. The monoisotopic (exact) mass is 179 g/mol. The number of aromatic nitrogens is 3. The summed E-state index contributed by atoms with van der Waals surface area (Å²) in [5.41, 5.74) is 0. The van der Waals surface area contributed by atoms with E-state index in [-0.39, 0.29) is 0 Å². The van der Waals surface area contributed by atoms with Gasteiger partial charge in [-0.2, -0.15) is 5.10 Å². The molecule has 1 saturated carbocycles. The molecule has 3 heteroatoms. The topological polar surface area (TPSA) is 30.7 Å². The highest BCUT2D eigenvalue weighted by atomic mass is 15.3. The van der Waals surface area contributed by atoms with Crippen LogP contribution in [0.4, 0.5) is 0 Å². The second kappa shape index (κ2) is 3.48. The zero-order chi connectivity index (χ0) is 9.26. The number of hydrogen-bond donors (Lipinski definition) is 0. The Morgan fingerprint density at radius 3 is 2.77 bits per heavy atom. The third-order valence-corrected chi connectivity index (χ3v) is 3.13. The van der Waals surface area contributed by atoms with E-state index in [9.17, 15) is 0 Å². The Bertz CT molecular complexity index is 247. The van der Waals surface area contributed by atoms with Crippen LogP contribution in [-0.4, -0.2) is 14.8 Å². The summed E-state index contributed by atoms with van der Waals surface area (Å²) in [6.07, 6.45) is 6.16. The Hall–Kier alpha value is -0.860. The number of hydrogen-bond acceptors (Lipinski definition) is 2. The molecule has 0 N–H and O–H groups in total. The van der Waals surface area contributed by atoms with Crippen molar-refractivity contribution in [3.8, 4) is 0 Å². The summed E-state index contributed by atoms with van der Waals surface area (Å²) in [6.45, 7) is 5.69. The van der Waals surface area contributed by atoms with Crippen LogP contribution in [-0.2, 0) is 6.54 Å². The predicted molar refractivity (Wildman–Crippen MR) is 51.1 cm³/mol. The van der Waals surface area contributed by atoms with Crippen LogP contribution in [0.1, 0.15) is 26.7 Å². The quantitative estimate of drug-likeness (QED) is 0.710. The van der Waals surface area contributed by atoms with Gasteiger partial charge < -0.3 is 0 Å². The van der Waals surface area contributed by atoms with Gasteiger partial charge in [0.15, 0.2) is 0 Å². The zero-order valence-electron chi connectivity index (χ0n) is 8.35. The van der Waals surface area contributed by atoms with Crippen molar-refractivity contribution in [3.63, 3.8) is 0 Å². The first-order valence-electron chi connectivity index (χ1n) is 5.08. The minimum absolute atomic E-state index is 0.842. The Labute approximate surface area is 79.2 Å². The molecule has 1 aliphatic rings. The molecule has 2 rings (SSSR count). The molecule has 1 heterocycles. The van der Waals surface area contributed by atoms with Gasteiger partial charge in [-0.15, -0.1) is 0 Å². The van der Waals surface area contributed by atoms with Crippen LogP contribution < -0.4 is 0 Å². The van der Waals surface area contributed by atoms with E-state index in [0.29, 0.717) is 0 Å². The molecule has 72 valence electrons. The van der Waals surface area contributed by atoms with E-state index in [0.717, 1.165) is 24.3 Å². The summed E-state index contributed by atoms with van der Waals surface area (Å²) < 4.78 is 1.95. The summed E-state index contributed by atoms with van der Waals surface area (Å²) in [6, 6.07) is 0. The molecule has 0 bridgehead atoms. The van der Waals surface area contributed by atoms with Gasteiger partial charge in [-0.1, -0.05) is 13.8 Å². The molecule has 1 fully saturated rings. The molecule has 0 spiro atoms. The Kier molecular flexibility index (Phi) is 2.34. The maximum atomic E-state index is 4.11. The van der Waals surface area contributed by atoms with E-state index in [4.69, 9.17) is 0 Å². The second-order valence-electron chi connectivity index (χ2n) is 4.46. The van der Waals surface area contributed by atoms with E-state index in [1.54, 1.807) is 6.33 Å². The van der Waals surface area contributed by atoms with Crippen LogP contribution in [0, 0.1) is 17.8 Å². The maximum Gasteiger partial charge on any atom is 0.137 e. The van der Waals surface area contributed by atoms with Crippen molar-refractivity contribution in [2.24, 2.45) is 17.8 Å². The fourth-order valence-electron chi connectivity index (χ4n) is 2.07. The van der Waals surface area contributed by atoms with Crippen molar-refractivity contribution < 1.29 is 0 Å². The first kappa shape index (κ1) is 8.73. The minimum atomic E-state index is 0.842. The van der Waals surface area contributed by atoms with Gasteiger partial charge in [-0.3, -0.25) is 4.68 Å². The van der Waals surface area contributed by atoms with Crippen LogP contribution in [0.5, 0.6) is 0 Å². The minimum Gasteiger partial charge on any atom is -0.253 e. The summed E-state index contributed by atoms with van der Waals surface area (Å²) in [7, 11) is 0. The molecule has 0 saturated heterocycles. The van der Waals surface area contributed by atoms with Crippen LogP contribution in [0.15, 0.2) is 12.7 Å². The van der Waals surface area contributed by atoms with Gasteiger partial charge in [0.2, 0.25) is 0 Å². The molecular formula is C10H17N3. The van der Waals surface area contributed by atoms with Gasteiger partial charge in [0, 0.05) is 6.54 Å². The van der Waals surface area contributed by atoms with Crippen molar-refractivity contribution >= 4 is 0 Å². The molecule has 0 aromatic carbocycles. The van der Waals surface area contributed by atoms with Crippen molar-refractivity contribution in [1.82, 2.24) is 14.8 Å². The van der Waals surface area contributed by atoms with Crippen molar-refractivity contribution in [2.75, 3.05) is 0 Å². The van der Waals surface area contributed by atoms with Gasteiger partial charge >= 0.3 is 0 Å². The predicted octanol–water partition coefficient (Wildman–Crippen LogP) is 1.96. The first-order chi connectivity index (χ1) is 6.25. The average Bonchev–Trinajstić information content (AvgIpc) is 2.46. The van der Waals surface area contributed by atoms with Crippen LogP contribution in [0.2, 0.25) is 0 Å². The second-order valence-corrected chi connectivity index (χ2v) is 4.46. The lowest BCUT2D eigenvalue weighted by atomic mass is 9.69. The van der Waals surface area contributed by atoms with Crippen molar-refractivity contribution in [3.05, 3.63) is 12.7 Å². The van der Waals surface area contributed by atoms with E-state index >= 15 is 0 Å². The van der Waals surface area contributed by atoms with Gasteiger partial charge in [0.05, 0.1) is 0 Å². The average molecular weight is 179 g/mol. The van der Waals surface area contributed by atoms with Crippen LogP contribution in [0.3, 0.4) is 0 Å². The molecule has 0 amide bonds. The maximum absolute atomic E-state index is 4.11. The molecule has 3 nitrogen and oxygen atoms in total. The normalized spacial score (nSPS) is 27.6. The van der Waals surface area contributed by atoms with E-state index in [1.807, 2.05) is 11.0 Å². The van der Waals surface area contributed by atoms with E-state index < -0.39 is 0 Å². The van der Waals surface area contributed by atoms with Gasteiger partial charge in [0.1, 0.15) is 12.7 Å². The molecule has 0 unspecified atom stereocenters. The fourth-order valence-corrected chi connectivity index (χ4v) is 2.07. The molecule has 0 aliphatic heterocycles. The Morgan fingerprint density at radius 1 is 1.46 bits per heavy atom. The summed E-state index contributed by atoms with van der Waals surface area (Å²) >= 11 is 0. The number of rotatable bonds is 3. The van der Waals surface area contributed by atoms with Gasteiger partial charge in [-0.05, 0) is 30.6 Å². The molecule has 1 aromatic rings. The third-order valence-electron chi connectivity index (χ3n) is 3.13. The number of nitrogens with zero attached hydrogens (tertiary/aromatic N) is 3. The van der Waals surface area contributed by atoms with Crippen molar-refractivity contribution in [1.29, 1.82) is 0 Å². The highest BCUT2D eigenvalue weighted by molar-refractivity contribution is 4.81. The highest BCUT2D eigenvalue weighted by Gasteiger charge is 2.31. The third kappa shape index (κ3) is 1.90. The molecule has 1 aliphatic carbocycles. The SMILES string of the molecule is CC(C)[C@H]1C[C@H](Cn2cncn2)C1. The Balaban J connectivity index is 1.76. The molecule has 1 aromatic heterocycles. The highest BCUT2D eigenvalue weighted by Crippen LogP contribution is 2.39. The summed E-state index contributed by atoms with van der Waals surface area (Å²) in [4.78, 5) is 3.94. The standard InChI is InChI=1S/C10H17N3/c1-8(2)10-3-9(4-10)5-13-7-11-6-12-13/h6-10H,3-5H2,1-2H3/t9-,10-. The lowest BCUT2D eigenvalue weighted by molar-refractivity contribution is 0.122. The summed E-state index contributed by atoms with van der Waals surface area (Å²) in [5.74, 6) is 2.65. The molecule has 13 heavy (non-hydrogen) atoms. The first-order valence-corrected chi connectivity index (χ1v) is 5.08. The molecule has 0 atom stereocenters. The van der Waals surface area contributed by atoms with Crippen molar-refractivity contribution in [2.45, 2.75) is 33.2 Å². The molecular weight excluding hydrogens is 162 g/mol. The van der Waals surface area contributed by atoms with E-state index in [2.05, 4.69) is 23.9 Å². The van der Waals surface area contributed by atoms with Gasteiger partial charge in [0.25, 0.3) is 0 Å². The lowest BCUT2D eigenvalue weighted by Gasteiger charge is -2.37. The zero-order valence-corrected chi connectivity index (χ0v) is 8.35. The largest absolute Gasteiger partial charge is 0.253 e. The summed E-state index contributed by atoms with van der Waals surface area (Å²) in [5, 5.41) is 4.11. The van der Waals surface area contributed by atoms with Crippen LogP contribution >= 0.6 is 0 Å². The van der Waals surface area contributed by atoms with Gasteiger partial charge in [-0.25, -0.2) is 4.98 Å². The fraction of sp³-hybridized carbons (Fsp3) is 0.800. The van der Waals surface area contributed by atoms with Crippen LogP contribution in [0.25, 0.3) is 0 Å². The van der Waals surface area contributed by atoms with E-state index in [1.165, 1.54) is 12.8 Å². The Morgan fingerprint density at radius 2 is 2.23 bits per heavy atom.